The van der Waals surface area contributed by atoms with Gasteiger partial charge in [0.25, 0.3) is 5.91 Å². The largest absolute Gasteiger partial charge is 0.390 e. The first kappa shape index (κ1) is 31.3. The summed E-state index contributed by atoms with van der Waals surface area (Å²) < 4.78 is 55.6. The van der Waals surface area contributed by atoms with Gasteiger partial charge in [-0.25, -0.2) is 21.9 Å². The quantitative estimate of drug-likeness (QED) is 0.261. The smallest absolute Gasteiger partial charge is 0.251 e. The zero-order chi connectivity index (χ0) is 29.5. The summed E-state index contributed by atoms with van der Waals surface area (Å²) in [5.74, 6) is -2.01. The van der Waals surface area contributed by atoms with Gasteiger partial charge in [0.15, 0.2) is 0 Å². The lowest BCUT2D eigenvalue weighted by Gasteiger charge is -2.25. The summed E-state index contributed by atoms with van der Waals surface area (Å²) in [4.78, 5) is 12.8. The maximum atomic E-state index is 13.8. The molecule has 10 heteroatoms. The molecule has 40 heavy (non-hydrogen) atoms. The minimum atomic E-state index is -3.85. The number of hydrogen-bond donors (Lipinski definition) is 4. The molecule has 0 aliphatic rings. The van der Waals surface area contributed by atoms with Crippen LogP contribution >= 0.6 is 0 Å². The first-order valence-corrected chi connectivity index (χ1v) is 14.6. The molecule has 0 aromatic heterocycles. The topological polar surface area (TPSA) is 108 Å². The minimum Gasteiger partial charge on any atom is -0.390 e. The Kier molecular flexibility index (Phi) is 10.5. The van der Waals surface area contributed by atoms with Gasteiger partial charge in [-0.3, -0.25) is 4.79 Å². The Balaban J connectivity index is 1.73. The van der Waals surface area contributed by atoms with E-state index in [0.29, 0.717) is 12.1 Å². The van der Waals surface area contributed by atoms with Crippen molar-refractivity contribution >= 4 is 15.9 Å². The monoisotopic (exact) mass is 573 g/mol. The highest BCUT2D eigenvalue weighted by atomic mass is 32.2. The molecule has 0 radical (unpaired) electrons. The summed E-state index contributed by atoms with van der Waals surface area (Å²) in [5, 5.41) is 16.9. The highest BCUT2D eigenvalue weighted by Crippen LogP contribution is 2.16. The van der Waals surface area contributed by atoms with Crippen LogP contribution in [0.5, 0.6) is 0 Å². The molecule has 4 N–H and O–H groups in total. The molecule has 3 aromatic rings. The number of carbonyl (C=O) groups excluding carboxylic acids is 1. The number of rotatable bonds is 12. The van der Waals surface area contributed by atoms with Crippen molar-refractivity contribution < 1.29 is 27.1 Å². The van der Waals surface area contributed by atoms with Gasteiger partial charge >= 0.3 is 0 Å². The van der Waals surface area contributed by atoms with E-state index in [9.17, 15) is 27.1 Å². The fourth-order valence-electron chi connectivity index (χ4n) is 4.24. The lowest BCUT2D eigenvalue weighted by Crippen LogP contribution is -2.47. The molecule has 3 rings (SSSR count). The highest BCUT2D eigenvalue weighted by molar-refractivity contribution is 7.89. The Morgan fingerprint density at radius 3 is 2.23 bits per heavy atom. The number of aliphatic hydroxyl groups is 1. The zero-order valence-corrected chi connectivity index (χ0v) is 24.0. The van der Waals surface area contributed by atoms with E-state index in [2.05, 4.69) is 15.4 Å². The molecule has 2 atom stereocenters. The number of halogens is 2. The van der Waals surface area contributed by atoms with Gasteiger partial charge in [0.1, 0.15) is 11.6 Å². The van der Waals surface area contributed by atoms with E-state index in [1.165, 1.54) is 36.4 Å². The van der Waals surface area contributed by atoms with E-state index in [-0.39, 0.29) is 23.4 Å². The van der Waals surface area contributed by atoms with Gasteiger partial charge in [-0.05, 0) is 80.6 Å². The van der Waals surface area contributed by atoms with Crippen LogP contribution in [0, 0.1) is 11.6 Å². The number of sulfonamides is 1. The van der Waals surface area contributed by atoms with Gasteiger partial charge < -0.3 is 15.7 Å². The van der Waals surface area contributed by atoms with Crippen LogP contribution in [0.2, 0.25) is 0 Å². The van der Waals surface area contributed by atoms with Gasteiger partial charge in [-0.2, -0.15) is 0 Å². The number of hydrogen-bond acceptors (Lipinski definition) is 5. The maximum absolute atomic E-state index is 13.8. The number of benzene rings is 3. The van der Waals surface area contributed by atoms with Crippen LogP contribution < -0.4 is 15.4 Å². The summed E-state index contributed by atoms with van der Waals surface area (Å²) in [6.07, 6.45) is -0.159. The summed E-state index contributed by atoms with van der Waals surface area (Å²) in [6.45, 7) is 7.40. The summed E-state index contributed by atoms with van der Waals surface area (Å²) >= 11 is 0. The van der Waals surface area contributed by atoms with Crippen LogP contribution in [0.15, 0.2) is 71.6 Å². The minimum absolute atomic E-state index is 0.0578. The highest BCUT2D eigenvalue weighted by Gasteiger charge is 2.24. The predicted octanol–water partition coefficient (Wildman–Crippen LogP) is 4.10. The Labute approximate surface area is 235 Å². The molecule has 0 spiro atoms. The number of aliphatic hydroxyl groups excluding tert-OH is 1. The van der Waals surface area contributed by atoms with Crippen molar-refractivity contribution in [3.8, 4) is 0 Å². The van der Waals surface area contributed by atoms with Gasteiger partial charge in [0.05, 0.1) is 11.0 Å². The first-order valence-electron chi connectivity index (χ1n) is 13.1. The Morgan fingerprint density at radius 1 is 0.925 bits per heavy atom. The average Bonchev–Trinajstić information content (AvgIpc) is 2.87. The Morgan fingerprint density at radius 2 is 1.57 bits per heavy atom. The predicted molar refractivity (Wildman–Crippen MR) is 151 cm³/mol. The average molecular weight is 574 g/mol. The lowest BCUT2D eigenvalue weighted by molar-refractivity contribution is 0.0874. The number of aryl methyl sites for hydroxylation is 1. The van der Waals surface area contributed by atoms with Crippen LogP contribution in [0.25, 0.3) is 0 Å². The number of carbonyl (C=O) groups is 1. The fraction of sp³-hybridized carbons (Fsp3) is 0.367. The molecule has 0 saturated heterocycles. The van der Waals surface area contributed by atoms with Crippen LogP contribution in [0.4, 0.5) is 8.78 Å². The summed E-state index contributed by atoms with van der Waals surface area (Å²) in [6, 6.07) is 16.1. The summed E-state index contributed by atoms with van der Waals surface area (Å²) in [5.41, 5.74) is 1.89. The molecule has 0 fully saturated rings. The van der Waals surface area contributed by atoms with Crippen molar-refractivity contribution in [2.45, 2.75) is 69.7 Å². The zero-order valence-electron chi connectivity index (χ0n) is 23.2. The molecule has 7 nitrogen and oxygen atoms in total. The Hall–Kier alpha value is -3.18. The van der Waals surface area contributed by atoms with Crippen LogP contribution in [0.1, 0.15) is 54.7 Å². The molecule has 0 bridgehead atoms. The number of nitrogens with one attached hydrogen (secondary N) is 3. The van der Waals surface area contributed by atoms with Crippen molar-refractivity contribution in [1.82, 2.24) is 15.4 Å². The molecular formula is C30H37F2N3O4S. The second-order valence-corrected chi connectivity index (χ2v) is 12.5. The van der Waals surface area contributed by atoms with Gasteiger partial charge in [-0.1, -0.05) is 37.3 Å². The standard InChI is InChI=1S/C30H37F2N3O4S/c1-5-20-8-6-9-21(12-20)18-33-27(15-22-13-24(31)17-25(32)14-22)28(36)19-34-29(37)23-10-7-11-26(16-23)40(38,39)35-30(2,3)4/h6-14,16-17,27-28,33,35-36H,5,15,18-19H2,1-4H3,(H,34,37)/t27?,28-/m1/s1. The Bertz CT molecular complexity index is 1400. The van der Waals surface area contributed by atoms with E-state index in [4.69, 9.17) is 0 Å². The third kappa shape index (κ3) is 9.48. The SMILES string of the molecule is CCc1cccc(CNC(Cc2cc(F)cc(F)c2)[C@H](O)CNC(=O)c2cccc(S(=O)(=O)NC(C)(C)C)c2)c1. The molecule has 1 unspecified atom stereocenters. The molecule has 0 aliphatic carbocycles. The second-order valence-electron chi connectivity index (χ2n) is 10.8. The van der Waals surface area contributed by atoms with Crippen molar-refractivity contribution in [2.75, 3.05) is 6.54 Å². The normalized spacial score (nSPS) is 13.6. The van der Waals surface area contributed by atoms with Crippen molar-refractivity contribution in [1.29, 1.82) is 0 Å². The van der Waals surface area contributed by atoms with Gasteiger partial charge in [-0.15, -0.1) is 0 Å². The number of amides is 1. The third-order valence-electron chi connectivity index (χ3n) is 6.13. The second kappa shape index (κ2) is 13.5. The maximum Gasteiger partial charge on any atom is 0.251 e. The molecule has 0 aliphatic heterocycles. The van der Waals surface area contributed by atoms with Gasteiger partial charge in [0, 0.05) is 36.3 Å². The van der Waals surface area contributed by atoms with Crippen LogP contribution in [0.3, 0.4) is 0 Å². The molecular weight excluding hydrogens is 536 g/mol. The van der Waals surface area contributed by atoms with Crippen molar-refractivity contribution in [3.05, 3.63) is 101 Å². The van der Waals surface area contributed by atoms with Crippen LogP contribution in [-0.4, -0.2) is 43.7 Å². The third-order valence-corrected chi connectivity index (χ3v) is 7.88. The van der Waals surface area contributed by atoms with E-state index in [1.807, 2.05) is 31.2 Å². The summed E-state index contributed by atoms with van der Waals surface area (Å²) in [7, 11) is -3.85. The molecule has 216 valence electrons. The van der Waals surface area contributed by atoms with E-state index in [0.717, 1.165) is 23.6 Å². The van der Waals surface area contributed by atoms with Crippen molar-refractivity contribution in [2.24, 2.45) is 0 Å². The van der Waals surface area contributed by atoms with E-state index in [1.54, 1.807) is 20.8 Å². The molecule has 1 amide bonds. The molecule has 0 saturated carbocycles. The van der Waals surface area contributed by atoms with Crippen molar-refractivity contribution in [3.63, 3.8) is 0 Å². The molecule has 3 aromatic carbocycles. The fourth-order valence-corrected chi connectivity index (χ4v) is 5.71. The van der Waals surface area contributed by atoms with Gasteiger partial charge in [0.2, 0.25) is 10.0 Å². The first-order chi connectivity index (χ1) is 18.8. The lowest BCUT2D eigenvalue weighted by atomic mass is 10.00. The van der Waals surface area contributed by atoms with E-state index < -0.39 is 45.2 Å². The van der Waals surface area contributed by atoms with E-state index >= 15 is 0 Å². The molecule has 0 heterocycles. The van der Waals surface area contributed by atoms with Crippen LogP contribution in [-0.2, 0) is 29.4 Å².